The summed E-state index contributed by atoms with van der Waals surface area (Å²) in [6.45, 7) is 0.478. The molecule has 1 aromatic carbocycles. The van der Waals surface area contributed by atoms with E-state index in [2.05, 4.69) is 10.3 Å². The highest BCUT2D eigenvalue weighted by Gasteiger charge is 2.46. The van der Waals surface area contributed by atoms with Crippen molar-refractivity contribution in [2.75, 3.05) is 6.54 Å². The number of H-pyrrole nitrogens is 1. The predicted molar refractivity (Wildman–Crippen MR) is 70.4 cm³/mol. The van der Waals surface area contributed by atoms with Gasteiger partial charge in [-0.2, -0.15) is 0 Å². The normalized spacial score (nSPS) is 16.1. The molecular weight excluding hydrogens is 243 g/mol. The Morgan fingerprint density at radius 3 is 2.68 bits per heavy atom. The molecule has 3 nitrogen and oxygen atoms in total. The third-order valence-electron chi connectivity index (χ3n) is 3.73. The summed E-state index contributed by atoms with van der Waals surface area (Å²) in [6, 6.07) is 10.3. The highest BCUT2D eigenvalue weighted by atomic mass is 19.1. The molecule has 0 spiro atoms. The fourth-order valence-electron chi connectivity index (χ4n) is 2.40. The lowest BCUT2D eigenvalue weighted by Gasteiger charge is -2.17. The van der Waals surface area contributed by atoms with E-state index in [9.17, 15) is 9.18 Å². The molecule has 4 heteroatoms. The van der Waals surface area contributed by atoms with E-state index in [1.165, 1.54) is 6.07 Å². The van der Waals surface area contributed by atoms with Gasteiger partial charge in [0.2, 0.25) is 0 Å². The smallest absolute Gasteiger partial charge is 0.267 e. The molecule has 19 heavy (non-hydrogen) atoms. The number of benzene rings is 1. The van der Waals surface area contributed by atoms with Gasteiger partial charge in [-0.25, -0.2) is 4.39 Å². The van der Waals surface area contributed by atoms with E-state index in [4.69, 9.17) is 0 Å². The number of carbonyl (C=O) groups is 1. The van der Waals surface area contributed by atoms with Gasteiger partial charge in [-0.1, -0.05) is 18.2 Å². The third kappa shape index (κ3) is 2.26. The third-order valence-corrected chi connectivity index (χ3v) is 3.73. The molecule has 0 saturated heterocycles. The Balaban J connectivity index is 1.70. The molecule has 1 amide bonds. The SMILES string of the molecule is O=C(NCC1(c2ccccc2F)CC1)c1ccc[nH]1. The topological polar surface area (TPSA) is 44.9 Å². The summed E-state index contributed by atoms with van der Waals surface area (Å²) in [5, 5.41) is 2.88. The van der Waals surface area contributed by atoms with Crippen LogP contribution in [0.4, 0.5) is 4.39 Å². The van der Waals surface area contributed by atoms with E-state index in [1.807, 2.05) is 12.1 Å². The van der Waals surface area contributed by atoms with Crippen molar-refractivity contribution in [3.8, 4) is 0 Å². The maximum Gasteiger partial charge on any atom is 0.267 e. The van der Waals surface area contributed by atoms with Crippen molar-refractivity contribution in [1.82, 2.24) is 10.3 Å². The van der Waals surface area contributed by atoms with E-state index in [0.29, 0.717) is 17.8 Å². The van der Waals surface area contributed by atoms with Crippen molar-refractivity contribution in [3.63, 3.8) is 0 Å². The summed E-state index contributed by atoms with van der Waals surface area (Å²) >= 11 is 0. The molecule has 1 aliphatic rings. The molecule has 0 radical (unpaired) electrons. The van der Waals surface area contributed by atoms with Crippen LogP contribution in [0.5, 0.6) is 0 Å². The van der Waals surface area contributed by atoms with Gasteiger partial charge >= 0.3 is 0 Å². The van der Waals surface area contributed by atoms with Crippen molar-refractivity contribution >= 4 is 5.91 Å². The number of aromatic nitrogens is 1. The molecule has 0 atom stereocenters. The second-order valence-corrected chi connectivity index (χ2v) is 5.03. The van der Waals surface area contributed by atoms with Crippen LogP contribution in [0.3, 0.4) is 0 Å². The molecule has 0 aliphatic heterocycles. The van der Waals surface area contributed by atoms with Crippen molar-refractivity contribution < 1.29 is 9.18 Å². The zero-order valence-electron chi connectivity index (χ0n) is 10.4. The highest BCUT2D eigenvalue weighted by Crippen LogP contribution is 2.48. The van der Waals surface area contributed by atoms with Gasteiger partial charge in [-0.15, -0.1) is 0 Å². The number of hydrogen-bond donors (Lipinski definition) is 2. The Bertz CT molecular complexity index is 588. The summed E-state index contributed by atoms with van der Waals surface area (Å²) in [6.07, 6.45) is 3.54. The minimum Gasteiger partial charge on any atom is -0.357 e. The Labute approximate surface area is 110 Å². The van der Waals surface area contributed by atoms with E-state index in [1.54, 1.807) is 24.4 Å². The van der Waals surface area contributed by atoms with Gasteiger partial charge in [0.25, 0.3) is 5.91 Å². The molecule has 2 N–H and O–H groups in total. The summed E-state index contributed by atoms with van der Waals surface area (Å²) in [5.74, 6) is -0.332. The lowest BCUT2D eigenvalue weighted by molar-refractivity contribution is 0.0945. The first-order valence-corrected chi connectivity index (χ1v) is 6.38. The molecule has 98 valence electrons. The molecule has 0 bridgehead atoms. The van der Waals surface area contributed by atoms with E-state index in [-0.39, 0.29) is 17.1 Å². The number of amides is 1. The molecule has 2 aromatic rings. The summed E-state index contributed by atoms with van der Waals surface area (Å²) in [7, 11) is 0. The van der Waals surface area contributed by atoms with Crippen LogP contribution < -0.4 is 5.32 Å². The summed E-state index contributed by atoms with van der Waals surface area (Å²) in [5.41, 5.74) is 1.03. The molecule has 1 saturated carbocycles. The number of hydrogen-bond acceptors (Lipinski definition) is 1. The van der Waals surface area contributed by atoms with Crippen molar-refractivity contribution in [3.05, 3.63) is 59.7 Å². The maximum absolute atomic E-state index is 13.8. The Morgan fingerprint density at radius 1 is 1.26 bits per heavy atom. The Kier molecular flexibility index (Phi) is 2.85. The van der Waals surface area contributed by atoms with Gasteiger partial charge in [0.15, 0.2) is 0 Å². The van der Waals surface area contributed by atoms with Crippen LogP contribution >= 0.6 is 0 Å². The van der Waals surface area contributed by atoms with Crippen LogP contribution in [-0.2, 0) is 5.41 Å². The number of carbonyl (C=O) groups excluding carboxylic acids is 1. The van der Waals surface area contributed by atoms with Crippen LogP contribution in [0.25, 0.3) is 0 Å². The van der Waals surface area contributed by atoms with Gasteiger partial charge in [0.05, 0.1) is 0 Å². The molecule has 1 fully saturated rings. The fraction of sp³-hybridized carbons (Fsp3) is 0.267. The number of nitrogens with one attached hydrogen (secondary N) is 2. The minimum atomic E-state index is -0.215. The van der Waals surface area contributed by atoms with Crippen LogP contribution in [0.1, 0.15) is 28.9 Å². The standard InChI is InChI=1S/C15H15FN2O/c16-12-5-2-1-4-11(12)15(7-8-15)10-18-14(19)13-6-3-9-17-13/h1-6,9,17H,7-8,10H2,(H,18,19). The maximum atomic E-state index is 13.8. The molecule has 0 unspecified atom stereocenters. The zero-order chi connectivity index (χ0) is 13.3. The molecule has 1 aliphatic carbocycles. The van der Waals surface area contributed by atoms with Crippen LogP contribution in [0.2, 0.25) is 0 Å². The van der Waals surface area contributed by atoms with Gasteiger partial charge in [0.1, 0.15) is 11.5 Å². The van der Waals surface area contributed by atoms with Gasteiger partial charge < -0.3 is 10.3 Å². The van der Waals surface area contributed by atoms with Gasteiger partial charge in [-0.05, 0) is 36.6 Å². The van der Waals surface area contributed by atoms with Gasteiger partial charge in [0, 0.05) is 18.2 Å². The van der Waals surface area contributed by atoms with E-state index >= 15 is 0 Å². The number of halogens is 1. The number of rotatable bonds is 4. The van der Waals surface area contributed by atoms with E-state index in [0.717, 1.165) is 12.8 Å². The average Bonchev–Trinajstić information content (AvgIpc) is 3.00. The van der Waals surface area contributed by atoms with E-state index < -0.39 is 0 Å². The first-order valence-electron chi connectivity index (χ1n) is 6.38. The quantitative estimate of drug-likeness (QED) is 0.870. The van der Waals surface area contributed by atoms with Crippen LogP contribution in [0.15, 0.2) is 42.6 Å². The fourth-order valence-corrected chi connectivity index (χ4v) is 2.40. The second-order valence-electron chi connectivity index (χ2n) is 5.03. The van der Waals surface area contributed by atoms with Crippen LogP contribution in [-0.4, -0.2) is 17.4 Å². The number of aromatic amines is 1. The Hall–Kier alpha value is -2.10. The van der Waals surface area contributed by atoms with Crippen molar-refractivity contribution in [2.45, 2.75) is 18.3 Å². The first kappa shape index (κ1) is 12.0. The zero-order valence-corrected chi connectivity index (χ0v) is 10.4. The minimum absolute atomic E-state index is 0.146. The first-order chi connectivity index (χ1) is 9.21. The average molecular weight is 258 g/mol. The summed E-state index contributed by atoms with van der Waals surface area (Å²) in [4.78, 5) is 14.7. The van der Waals surface area contributed by atoms with Crippen molar-refractivity contribution in [2.24, 2.45) is 0 Å². The second kappa shape index (κ2) is 4.53. The monoisotopic (exact) mass is 258 g/mol. The lowest BCUT2D eigenvalue weighted by atomic mass is 9.95. The largest absolute Gasteiger partial charge is 0.357 e. The van der Waals surface area contributed by atoms with Crippen LogP contribution in [0, 0.1) is 5.82 Å². The summed E-state index contributed by atoms with van der Waals surface area (Å²) < 4.78 is 13.8. The predicted octanol–water partition coefficient (Wildman–Crippen LogP) is 2.62. The molecule has 1 aromatic heterocycles. The highest BCUT2D eigenvalue weighted by molar-refractivity contribution is 5.92. The molecular formula is C15H15FN2O. The van der Waals surface area contributed by atoms with Crippen molar-refractivity contribution in [1.29, 1.82) is 0 Å². The molecule has 3 rings (SSSR count). The Morgan fingerprint density at radius 2 is 2.05 bits per heavy atom. The molecule has 1 heterocycles. The van der Waals surface area contributed by atoms with Gasteiger partial charge in [-0.3, -0.25) is 4.79 Å². The lowest BCUT2D eigenvalue weighted by Crippen LogP contribution is -2.32.